The Hall–Kier alpha value is -2.86. The maximum atomic E-state index is 12.1. The minimum absolute atomic E-state index is 0.109. The Morgan fingerprint density at radius 2 is 1.78 bits per heavy atom. The van der Waals surface area contributed by atoms with E-state index in [1.165, 1.54) is 5.56 Å². The van der Waals surface area contributed by atoms with Crippen LogP contribution in [0, 0.1) is 11.3 Å². The molecule has 2 aromatic rings. The molecule has 2 rings (SSSR count). The first-order chi connectivity index (χ1) is 11.1. The highest BCUT2D eigenvalue weighted by Gasteiger charge is 2.08. The summed E-state index contributed by atoms with van der Waals surface area (Å²) in [4.78, 5) is 12.1. The van der Waals surface area contributed by atoms with Crippen molar-refractivity contribution < 1.29 is 4.79 Å². The van der Waals surface area contributed by atoms with E-state index in [1.807, 2.05) is 60.7 Å². The van der Waals surface area contributed by atoms with Gasteiger partial charge in [-0.05, 0) is 28.7 Å². The van der Waals surface area contributed by atoms with E-state index in [4.69, 9.17) is 0 Å². The summed E-state index contributed by atoms with van der Waals surface area (Å²) in [5, 5.41) is 12.0. The number of carbonyl (C=O) groups is 1. The van der Waals surface area contributed by atoms with Gasteiger partial charge in [0.2, 0.25) is 0 Å². The topological polar surface area (TPSA) is 52.9 Å². The molecule has 0 saturated carbocycles. The number of amides is 1. The summed E-state index contributed by atoms with van der Waals surface area (Å²) in [6.45, 7) is 4.66. The number of benzene rings is 2. The maximum absolute atomic E-state index is 12.1. The van der Waals surface area contributed by atoms with Crippen LogP contribution in [0.2, 0.25) is 0 Å². The molecular weight excluding hydrogens is 284 g/mol. The maximum Gasteiger partial charge on any atom is 0.262 e. The van der Waals surface area contributed by atoms with Crippen LogP contribution >= 0.6 is 0 Å². The van der Waals surface area contributed by atoms with E-state index >= 15 is 0 Å². The van der Waals surface area contributed by atoms with Crippen LogP contribution in [-0.2, 0) is 11.3 Å². The molecule has 3 heteroatoms. The zero-order valence-electron chi connectivity index (χ0n) is 13.4. The molecule has 116 valence electrons. The summed E-state index contributed by atoms with van der Waals surface area (Å²) >= 11 is 0. The van der Waals surface area contributed by atoms with E-state index in [0.717, 1.165) is 11.1 Å². The molecule has 0 aromatic heterocycles. The third-order valence-corrected chi connectivity index (χ3v) is 3.58. The van der Waals surface area contributed by atoms with Crippen molar-refractivity contribution in [3.05, 3.63) is 76.9 Å². The average Bonchev–Trinajstić information content (AvgIpc) is 2.59. The monoisotopic (exact) mass is 304 g/mol. The molecule has 0 bridgehead atoms. The molecule has 0 radical (unpaired) electrons. The molecule has 3 nitrogen and oxygen atoms in total. The second-order valence-electron chi connectivity index (χ2n) is 5.66. The van der Waals surface area contributed by atoms with Gasteiger partial charge in [-0.3, -0.25) is 4.79 Å². The van der Waals surface area contributed by atoms with Gasteiger partial charge in [0.05, 0.1) is 0 Å². The molecule has 23 heavy (non-hydrogen) atoms. The fraction of sp³-hybridized carbons (Fsp3) is 0.200. The fourth-order valence-corrected chi connectivity index (χ4v) is 2.17. The largest absolute Gasteiger partial charge is 0.347 e. The molecule has 0 aliphatic carbocycles. The third-order valence-electron chi connectivity index (χ3n) is 3.58. The van der Waals surface area contributed by atoms with Crippen LogP contribution in [0.25, 0.3) is 6.08 Å². The van der Waals surface area contributed by atoms with Crippen molar-refractivity contribution in [2.75, 3.05) is 0 Å². The van der Waals surface area contributed by atoms with E-state index in [2.05, 4.69) is 19.2 Å². The Balaban J connectivity index is 2.06. The second kappa shape index (κ2) is 7.95. The van der Waals surface area contributed by atoms with E-state index in [-0.39, 0.29) is 11.5 Å². The van der Waals surface area contributed by atoms with Crippen LogP contribution in [0.15, 0.2) is 60.2 Å². The first-order valence-electron chi connectivity index (χ1n) is 7.64. The molecule has 0 atom stereocenters. The lowest BCUT2D eigenvalue weighted by Crippen LogP contribution is -2.23. The highest BCUT2D eigenvalue weighted by molar-refractivity contribution is 6.01. The van der Waals surface area contributed by atoms with Gasteiger partial charge in [0.25, 0.3) is 5.91 Å². The fourth-order valence-electron chi connectivity index (χ4n) is 2.17. The first kappa shape index (κ1) is 16.5. The van der Waals surface area contributed by atoms with Gasteiger partial charge in [-0.2, -0.15) is 5.26 Å². The van der Waals surface area contributed by atoms with Crippen LogP contribution in [0.1, 0.15) is 36.5 Å². The number of rotatable bonds is 5. The van der Waals surface area contributed by atoms with Crippen molar-refractivity contribution in [3.63, 3.8) is 0 Å². The Labute approximate surface area is 137 Å². The van der Waals surface area contributed by atoms with Crippen LogP contribution in [0.5, 0.6) is 0 Å². The van der Waals surface area contributed by atoms with Crippen molar-refractivity contribution in [2.24, 2.45) is 0 Å². The zero-order chi connectivity index (χ0) is 16.7. The number of carbonyl (C=O) groups excluding carboxylic acids is 1. The lowest BCUT2D eigenvalue weighted by molar-refractivity contribution is -0.117. The molecule has 1 N–H and O–H groups in total. The highest BCUT2D eigenvalue weighted by atomic mass is 16.1. The quantitative estimate of drug-likeness (QED) is 0.669. The van der Waals surface area contributed by atoms with Gasteiger partial charge in [-0.25, -0.2) is 0 Å². The van der Waals surface area contributed by atoms with Crippen LogP contribution in [-0.4, -0.2) is 5.91 Å². The summed E-state index contributed by atoms with van der Waals surface area (Å²) in [5.74, 6) is 0.0990. The van der Waals surface area contributed by atoms with Gasteiger partial charge in [0.15, 0.2) is 0 Å². The molecular formula is C20H20N2O. The molecule has 1 amide bonds. The summed E-state index contributed by atoms with van der Waals surface area (Å²) in [7, 11) is 0. The molecule has 2 aromatic carbocycles. The Bertz CT molecular complexity index is 722. The third kappa shape index (κ3) is 4.82. The van der Waals surface area contributed by atoms with Gasteiger partial charge in [-0.1, -0.05) is 68.4 Å². The van der Waals surface area contributed by atoms with E-state index in [0.29, 0.717) is 12.5 Å². The van der Waals surface area contributed by atoms with Crippen LogP contribution < -0.4 is 5.32 Å². The molecule has 0 aliphatic rings. The van der Waals surface area contributed by atoms with Gasteiger partial charge >= 0.3 is 0 Å². The smallest absolute Gasteiger partial charge is 0.262 e. The first-order valence-corrected chi connectivity index (χ1v) is 7.64. The molecule has 0 fully saturated rings. The highest BCUT2D eigenvalue weighted by Crippen LogP contribution is 2.16. The van der Waals surface area contributed by atoms with Crippen LogP contribution in [0.4, 0.5) is 0 Å². The molecule has 0 saturated heterocycles. The predicted molar refractivity (Wildman–Crippen MR) is 92.4 cm³/mol. The van der Waals surface area contributed by atoms with E-state index in [1.54, 1.807) is 6.08 Å². The van der Waals surface area contributed by atoms with Gasteiger partial charge in [-0.15, -0.1) is 0 Å². The van der Waals surface area contributed by atoms with Crippen molar-refractivity contribution in [3.8, 4) is 6.07 Å². The van der Waals surface area contributed by atoms with E-state index < -0.39 is 0 Å². The van der Waals surface area contributed by atoms with Gasteiger partial charge in [0, 0.05) is 6.54 Å². The number of hydrogen-bond donors (Lipinski definition) is 1. The van der Waals surface area contributed by atoms with Gasteiger partial charge in [0.1, 0.15) is 11.6 Å². The number of hydrogen-bond acceptors (Lipinski definition) is 2. The minimum atomic E-state index is -0.357. The predicted octanol–water partition coefficient (Wildman–Crippen LogP) is 4.03. The molecule has 0 spiro atoms. The lowest BCUT2D eigenvalue weighted by Gasteiger charge is -2.06. The minimum Gasteiger partial charge on any atom is -0.347 e. The van der Waals surface area contributed by atoms with Crippen molar-refractivity contribution >= 4 is 12.0 Å². The van der Waals surface area contributed by atoms with Crippen LogP contribution in [0.3, 0.4) is 0 Å². The van der Waals surface area contributed by atoms with Crippen molar-refractivity contribution in [1.29, 1.82) is 5.26 Å². The Morgan fingerprint density at radius 3 is 2.35 bits per heavy atom. The second-order valence-corrected chi connectivity index (χ2v) is 5.66. The summed E-state index contributed by atoms with van der Waals surface area (Å²) in [6, 6.07) is 19.5. The summed E-state index contributed by atoms with van der Waals surface area (Å²) < 4.78 is 0. The summed E-state index contributed by atoms with van der Waals surface area (Å²) in [5.41, 5.74) is 3.19. The van der Waals surface area contributed by atoms with E-state index in [9.17, 15) is 10.1 Å². The summed E-state index contributed by atoms with van der Waals surface area (Å²) in [6.07, 6.45) is 1.62. The molecule has 0 aliphatic heterocycles. The molecule has 0 unspecified atom stereocenters. The number of nitrogens with zero attached hydrogens (tertiary/aromatic N) is 1. The normalized spacial score (nSPS) is 11.1. The zero-order valence-corrected chi connectivity index (χ0v) is 13.4. The Morgan fingerprint density at radius 1 is 1.13 bits per heavy atom. The lowest BCUT2D eigenvalue weighted by atomic mass is 10.0. The molecule has 0 heterocycles. The Kier molecular flexibility index (Phi) is 5.71. The van der Waals surface area contributed by atoms with Gasteiger partial charge < -0.3 is 5.32 Å². The van der Waals surface area contributed by atoms with Crippen molar-refractivity contribution in [2.45, 2.75) is 26.3 Å². The standard InChI is InChI=1S/C20H20N2O/c1-15(2)18-10-8-16(9-11-18)12-19(13-21)20(23)22-14-17-6-4-3-5-7-17/h3-12,15H,14H2,1-2H3,(H,22,23)/b19-12+. The van der Waals surface area contributed by atoms with Crippen molar-refractivity contribution in [1.82, 2.24) is 5.32 Å². The number of nitriles is 1. The SMILES string of the molecule is CC(C)c1ccc(/C=C(\C#N)C(=O)NCc2ccccc2)cc1. The number of nitrogens with one attached hydrogen (secondary N) is 1. The average molecular weight is 304 g/mol.